The minimum absolute atomic E-state index is 0.0980. The standard InChI is InChI=1S/C9H6Cl2N4O/c1-15-4-12-9(14-15)8(16)5-2-6(10)13-7(11)3-5/h2-4H,1H3. The van der Waals surface area contributed by atoms with E-state index < -0.39 is 0 Å². The van der Waals surface area contributed by atoms with Gasteiger partial charge < -0.3 is 0 Å². The van der Waals surface area contributed by atoms with Crippen molar-refractivity contribution in [3.63, 3.8) is 0 Å². The molecule has 0 aliphatic heterocycles. The second-order valence-electron chi connectivity index (χ2n) is 3.07. The lowest BCUT2D eigenvalue weighted by Crippen LogP contribution is -2.05. The molecule has 0 aliphatic rings. The summed E-state index contributed by atoms with van der Waals surface area (Å²) >= 11 is 11.4. The predicted octanol–water partition coefficient (Wildman–Crippen LogP) is 1.75. The van der Waals surface area contributed by atoms with Crippen molar-refractivity contribution in [1.29, 1.82) is 0 Å². The SMILES string of the molecule is Cn1cnc(C(=O)c2cc(Cl)nc(Cl)c2)n1. The number of carbonyl (C=O) groups is 1. The quantitative estimate of drug-likeness (QED) is 0.607. The average Bonchev–Trinajstić information content (AvgIpc) is 2.62. The topological polar surface area (TPSA) is 60.7 Å². The summed E-state index contributed by atoms with van der Waals surface area (Å²) in [5.74, 6) is -0.243. The lowest BCUT2D eigenvalue weighted by atomic mass is 10.2. The van der Waals surface area contributed by atoms with Crippen LogP contribution in [0.5, 0.6) is 0 Å². The number of ketones is 1. The van der Waals surface area contributed by atoms with Crippen LogP contribution in [0.3, 0.4) is 0 Å². The molecule has 0 N–H and O–H groups in total. The highest BCUT2D eigenvalue weighted by Crippen LogP contribution is 2.16. The first-order valence-electron chi connectivity index (χ1n) is 4.29. The van der Waals surface area contributed by atoms with Crippen LogP contribution in [0.1, 0.15) is 16.2 Å². The van der Waals surface area contributed by atoms with Gasteiger partial charge in [0.1, 0.15) is 16.6 Å². The molecule has 0 aromatic carbocycles. The Hall–Kier alpha value is -1.46. The van der Waals surface area contributed by atoms with Crippen LogP contribution >= 0.6 is 23.2 Å². The Balaban J connectivity index is 2.41. The molecule has 0 bridgehead atoms. The van der Waals surface area contributed by atoms with Crippen LogP contribution in [0.2, 0.25) is 10.3 Å². The third-order valence-electron chi connectivity index (χ3n) is 1.83. The van der Waals surface area contributed by atoms with Gasteiger partial charge in [0.05, 0.1) is 0 Å². The van der Waals surface area contributed by atoms with Crippen LogP contribution in [0.25, 0.3) is 0 Å². The molecule has 2 aromatic heterocycles. The minimum atomic E-state index is -0.341. The zero-order valence-corrected chi connectivity index (χ0v) is 9.70. The van der Waals surface area contributed by atoms with E-state index in [0.29, 0.717) is 5.56 Å². The van der Waals surface area contributed by atoms with Crippen LogP contribution < -0.4 is 0 Å². The number of nitrogens with zero attached hydrogens (tertiary/aromatic N) is 4. The molecule has 0 saturated heterocycles. The molecule has 0 spiro atoms. The molecule has 0 unspecified atom stereocenters. The van der Waals surface area contributed by atoms with Gasteiger partial charge in [-0.05, 0) is 12.1 Å². The van der Waals surface area contributed by atoms with E-state index >= 15 is 0 Å². The van der Waals surface area contributed by atoms with Gasteiger partial charge in [-0.25, -0.2) is 9.97 Å². The Morgan fingerprint density at radius 1 is 1.31 bits per heavy atom. The number of rotatable bonds is 2. The van der Waals surface area contributed by atoms with E-state index in [9.17, 15) is 4.79 Å². The molecule has 0 radical (unpaired) electrons. The Morgan fingerprint density at radius 2 is 1.94 bits per heavy atom. The van der Waals surface area contributed by atoms with Crippen molar-refractivity contribution in [3.05, 3.63) is 40.2 Å². The second kappa shape index (κ2) is 4.19. The first-order chi connectivity index (χ1) is 7.56. The molecule has 2 heterocycles. The highest BCUT2D eigenvalue weighted by atomic mass is 35.5. The third-order valence-corrected chi connectivity index (χ3v) is 2.21. The largest absolute Gasteiger partial charge is 0.285 e. The maximum Gasteiger partial charge on any atom is 0.232 e. The molecular formula is C9H6Cl2N4O. The average molecular weight is 257 g/mol. The highest BCUT2D eigenvalue weighted by molar-refractivity contribution is 6.33. The van der Waals surface area contributed by atoms with E-state index in [2.05, 4.69) is 15.1 Å². The van der Waals surface area contributed by atoms with Crippen molar-refractivity contribution in [2.75, 3.05) is 0 Å². The van der Waals surface area contributed by atoms with E-state index in [1.807, 2.05) is 0 Å². The Kier molecular flexibility index (Phi) is 2.89. The molecule has 0 fully saturated rings. The third kappa shape index (κ3) is 2.20. The first-order valence-corrected chi connectivity index (χ1v) is 5.05. The van der Waals surface area contributed by atoms with Gasteiger partial charge in [0, 0.05) is 12.6 Å². The van der Waals surface area contributed by atoms with Crippen molar-refractivity contribution < 1.29 is 4.79 Å². The smallest absolute Gasteiger partial charge is 0.232 e. The summed E-state index contributed by atoms with van der Waals surface area (Å²) in [6, 6.07) is 2.85. The number of pyridine rings is 1. The lowest BCUT2D eigenvalue weighted by Gasteiger charge is -1.98. The van der Waals surface area contributed by atoms with Crippen molar-refractivity contribution in [1.82, 2.24) is 19.7 Å². The Bertz CT molecular complexity index is 532. The minimum Gasteiger partial charge on any atom is -0.285 e. The summed E-state index contributed by atoms with van der Waals surface area (Å²) in [5.41, 5.74) is 0.316. The number of hydrogen-bond acceptors (Lipinski definition) is 4. The fourth-order valence-electron chi connectivity index (χ4n) is 1.17. The normalized spacial score (nSPS) is 10.4. The lowest BCUT2D eigenvalue weighted by molar-refractivity contribution is 0.102. The van der Waals surface area contributed by atoms with E-state index in [4.69, 9.17) is 23.2 Å². The molecule has 7 heteroatoms. The number of halogens is 2. The Labute approximate surface area is 101 Å². The van der Waals surface area contributed by atoms with Gasteiger partial charge in [0.15, 0.2) is 0 Å². The molecule has 0 atom stereocenters. The van der Waals surface area contributed by atoms with Crippen LogP contribution in [-0.2, 0) is 7.05 Å². The van der Waals surface area contributed by atoms with Crippen molar-refractivity contribution >= 4 is 29.0 Å². The highest BCUT2D eigenvalue weighted by Gasteiger charge is 2.15. The number of aryl methyl sites for hydroxylation is 1. The molecule has 2 rings (SSSR count). The van der Waals surface area contributed by atoms with E-state index in [0.717, 1.165) is 0 Å². The van der Waals surface area contributed by atoms with E-state index in [1.165, 1.54) is 23.1 Å². The first kappa shape index (κ1) is 11.0. The summed E-state index contributed by atoms with van der Waals surface area (Å²) in [6.07, 6.45) is 1.44. The molecular weight excluding hydrogens is 251 g/mol. The maximum atomic E-state index is 11.9. The van der Waals surface area contributed by atoms with Gasteiger partial charge in [-0.1, -0.05) is 23.2 Å². The zero-order valence-electron chi connectivity index (χ0n) is 8.19. The molecule has 82 valence electrons. The van der Waals surface area contributed by atoms with Gasteiger partial charge in [-0.15, -0.1) is 5.10 Å². The number of aromatic nitrogens is 4. The van der Waals surface area contributed by atoms with Crippen LogP contribution in [0.4, 0.5) is 0 Å². The van der Waals surface area contributed by atoms with Crippen LogP contribution in [0, 0.1) is 0 Å². The monoisotopic (exact) mass is 256 g/mol. The molecule has 2 aromatic rings. The van der Waals surface area contributed by atoms with E-state index in [-0.39, 0.29) is 21.9 Å². The summed E-state index contributed by atoms with van der Waals surface area (Å²) in [5, 5.41) is 4.21. The van der Waals surface area contributed by atoms with Crippen LogP contribution in [0.15, 0.2) is 18.5 Å². The number of carbonyl (C=O) groups excluding carboxylic acids is 1. The summed E-state index contributed by atoms with van der Waals surface area (Å²) in [7, 11) is 1.68. The zero-order chi connectivity index (χ0) is 11.7. The van der Waals surface area contributed by atoms with Gasteiger partial charge in [0.25, 0.3) is 0 Å². The second-order valence-corrected chi connectivity index (χ2v) is 3.85. The summed E-state index contributed by atoms with van der Waals surface area (Å²) in [6.45, 7) is 0. The van der Waals surface area contributed by atoms with Gasteiger partial charge in [-0.2, -0.15) is 0 Å². The predicted molar refractivity (Wildman–Crippen MR) is 58.7 cm³/mol. The summed E-state index contributed by atoms with van der Waals surface area (Å²) in [4.78, 5) is 19.5. The number of hydrogen-bond donors (Lipinski definition) is 0. The summed E-state index contributed by atoms with van der Waals surface area (Å²) < 4.78 is 1.44. The molecule has 0 aliphatic carbocycles. The fraction of sp³-hybridized carbons (Fsp3) is 0.111. The molecule has 0 saturated carbocycles. The molecule has 0 amide bonds. The molecule has 16 heavy (non-hydrogen) atoms. The molecule has 5 nitrogen and oxygen atoms in total. The van der Waals surface area contributed by atoms with Gasteiger partial charge in [-0.3, -0.25) is 9.48 Å². The fourth-order valence-corrected chi connectivity index (χ4v) is 1.63. The van der Waals surface area contributed by atoms with Crippen LogP contribution in [-0.4, -0.2) is 25.5 Å². The van der Waals surface area contributed by atoms with Gasteiger partial charge in [0.2, 0.25) is 11.6 Å². The van der Waals surface area contributed by atoms with Crippen molar-refractivity contribution in [3.8, 4) is 0 Å². The van der Waals surface area contributed by atoms with Crippen molar-refractivity contribution in [2.45, 2.75) is 0 Å². The van der Waals surface area contributed by atoms with Gasteiger partial charge >= 0.3 is 0 Å². The van der Waals surface area contributed by atoms with E-state index in [1.54, 1.807) is 7.05 Å². The van der Waals surface area contributed by atoms with Crippen molar-refractivity contribution in [2.24, 2.45) is 7.05 Å². The maximum absolute atomic E-state index is 11.9. The Morgan fingerprint density at radius 3 is 2.44 bits per heavy atom.